The first-order valence-corrected chi connectivity index (χ1v) is 20.6. The summed E-state index contributed by atoms with van der Waals surface area (Å²) in [4.78, 5) is 7.22. The lowest BCUT2D eigenvalue weighted by Crippen LogP contribution is -2.21. The number of hydrogen-bond acceptors (Lipinski definition) is 3. The van der Waals surface area contributed by atoms with Gasteiger partial charge in [-0.1, -0.05) is 86.6 Å². The molecule has 0 heterocycles. The Morgan fingerprint density at radius 3 is 1.40 bits per heavy atom. The van der Waals surface area contributed by atoms with Crippen LogP contribution in [0, 0.1) is 13.8 Å². The molecule has 6 rings (SSSR count). The molecule has 6 aromatic carbocycles. The number of benzene rings is 6. The molecule has 0 aliphatic heterocycles. The average molecular weight is 728 g/mol. The summed E-state index contributed by atoms with van der Waals surface area (Å²) in [5, 5.41) is 0. The molecule has 0 aliphatic rings. The SMILES string of the molecule is CCc1ccc(-c2ccc(N(c3ccc(CCc4ccc(N(CC)CC)cc4)c(C)c3)c3ccc(C(C)c4ccc(N(CC)CC)cc4)c(C)c3)cc2)cc1. The first kappa shape index (κ1) is 39.4. The van der Waals surface area contributed by atoms with Crippen LogP contribution in [0.4, 0.5) is 28.4 Å². The summed E-state index contributed by atoms with van der Waals surface area (Å²) in [6.07, 6.45) is 3.10. The van der Waals surface area contributed by atoms with E-state index in [-0.39, 0.29) is 0 Å². The first-order chi connectivity index (χ1) is 26.8. The molecule has 0 N–H and O–H groups in total. The Kier molecular flexibility index (Phi) is 13.2. The van der Waals surface area contributed by atoms with E-state index in [1.807, 2.05) is 0 Å². The highest BCUT2D eigenvalue weighted by Gasteiger charge is 2.18. The van der Waals surface area contributed by atoms with Crippen molar-refractivity contribution in [2.24, 2.45) is 0 Å². The van der Waals surface area contributed by atoms with Crippen LogP contribution in [0.3, 0.4) is 0 Å². The highest BCUT2D eigenvalue weighted by atomic mass is 15.1. The smallest absolute Gasteiger partial charge is 0.0464 e. The summed E-state index contributed by atoms with van der Waals surface area (Å²) in [7, 11) is 0. The molecule has 55 heavy (non-hydrogen) atoms. The molecular formula is C52H61N3. The summed E-state index contributed by atoms with van der Waals surface area (Å²) in [6.45, 7) is 22.1. The maximum atomic E-state index is 2.42. The minimum Gasteiger partial charge on any atom is -0.372 e. The molecule has 0 fully saturated rings. The first-order valence-electron chi connectivity index (χ1n) is 20.6. The monoisotopic (exact) mass is 727 g/mol. The fourth-order valence-electron chi connectivity index (χ4n) is 8.05. The van der Waals surface area contributed by atoms with E-state index in [1.54, 1.807) is 0 Å². The molecule has 0 radical (unpaired) electrons. The molecule has 1 unspecified atom stereocenters. The summed E-state index contributed by atoms with van der Waals surface area (Å²) in [5.74, 6) is 0.293. The van der Waals surface area contributed by atoms with E-state index >= 15 is 0 Å². The summed E-state index contributed by atoms with van der Waals surface area (Å²) in [6, 6.07) is 50.4. The van der Waals surface area contributed by atoms with E-state index < -0.39 is 0 Å². The summed E-state index contributed by atoms with van der Waals surface area (Å²) < 4.78 is 0. The van der Waals surface area contributed by atoms with Crippen molar-refractivity contribution >= 4 is 28.4 Å². The lowest BCUT2D eigenvalue weighted by atomic mass is 9.89. The fraction of sp³-hybridized carbons (Fsp3) is 0.308. The van der Waals surface area contributed by atoms with Crippen molar-refractivity contribution in [3.63, 3.8) is 0 Å². The number of nitrogens with zero attached hydrogens (tertiary/aromatic N) is 3. The van der Waals surface area contributed by atoms with Gasteiger partial charge in [0.1, 0.15) is 0 Å². The van der Waals surface area contributed by atoms with Crippen LogP contribution in [0.15, 0.2) is 133 Å². The van der Waals surface area contributed by atoms with Gasteiger partial charge >= 0.3 is 0 Å². The number of anilines is 5. The molecular weight excluding hydrogens is 667 g/mol. The standard InChI is InChI=1S/C52H61N3/c1-9-41-14-20-45(21-15-41)46-25-31-49(32-26-46)55(50-33-22-43(38(6)36-50)19-16-42-17-27-47(28-18-42)53(10-2)11-3)51-34-35-52(39(7)37-51)40(8)44-23-29-48(30-24-44)54(12-4)13-5/h14-15,17-18,20-37,40H,9-13,16,19H2,1-8H3. The third-order valence-electron chi connectivity index (χ3n) is 11.7. The van der Waals surface area contributed by atoms with Crippen molar-refractivity contribution in [1.82, 2.24) is 0 Å². The summed E-state index contributed by atoms with van der Waals surface area (Å²) >= 11 is 0. The quantitative estimate of drug-likeness (QED) is 0.0983. The van der Waals surface area contributed by atoms with Crippen LogP contribution in [0.2, 0.25) is 0 Å². The van der Waals surface area contributed by atoms with E-state index in [9.17, 15) is 0 Å². The fourth-order valence-corrected chi connectivity index (χ4v) is 8.05. The molecule has 3 nitrogen and oxygen atoms in total. The van der Waals surface area contributed by atoms with Crippen molar-refractivity contribution < 1.29 is 0 Å². The van der Waals surface area contributed by atoms with Crippen LogP contribution in [-0.4, -0.2) is 26.2 Å². The average Bonchev–Trinajstić information content (AvgIpc) is 3.22. The predicted octanol–water partition coefficient (Wildman–Crippen LogP) is 13.6. The molecule has 0 spiro atoms. The van der Waals surface area contributed by atoms with Gasteiger partial charge in [0.15, 0.2) is 0 Å². The van der Waals surface area contributed by atoms with E-state index in [0.29, 0.717) is 5.92 Å². The number of hydrogen-bond donors (Lipinski definition) is 0. The minimum atomic E-state index is 0.293. The molecule has 0 aliphatic carbocycles. The van der Waals surface area contributed by atoms with Gasteiger partial charge in [-0.2, -0.15) is 0 Å². The zero-order chi connectivity index (χ0) is 38.9. The highest BCUT2D eigenvalue weighted by Crippen LogP contribution is 2.39. The van der Waals surface area contributed by atoms with Crippen molar-refractivity contribution in [3.8, 4) is 11.1 Å². The second-order valence-electron chi connectivity index (χ2n) is 14.9. The Labute approximate surface area is 332 Å². The topological polar surface area (TPSA) is 9.72 Å². The number of rotatable bonds is 16. The van der Waals surface area contributed by atoms with Crippen LogP contribution in [-0.2, 0) is 19.3 Å². The zero-order valence-electron chi connectivity index (χ0n) is 34.6. The Morgan fingerprint density at radius 1 is 0.436 bits per heavy atom. The van der Waals surface area contributed by atoms with Gasteiger partial charge in [0.25, 0.3) is 0 Å². The van der Waals surface area contributed by atoms with Crippen LogP contribution < -0.4 is 14.7 Å². The van der Waals surface area contributed by atoms with Gasteiger partial charge in [-0.15, -0.1) is 0 Å². The van der Waals surface area contributed by atoms with Crippen LogP contribution in [0.25, 0.3) is 11.1 Å². The summed E-state index contributed by atoms with van der Waals surface area (Å²) in [5.41, 5.74) is 18.1. The molecule has 1 atom stereocenters. The second-order valence-corrected chi connectivity index (χ2v) is 14.9. The lowest BCUT2D eigenvalue weighted by molar-refractivity contribution is 0.862. The predicted molar refractivity (Wildman–Crippen MR) is 240 cm³/mol. The molecule has 3 heteroatoms. The van der Waals surface area contributed by atoms with Gasteiger partial charge in [-0.05, 0) is 172 Å². The molecule has 0 aromatic heterocycles. The molecule has 0 bridgehead atoms. The Balaban J connectivity index is 1.29. The van der Waals surface area contributed by atoms with Gasteiger partial charge in [-0.25, -0.2) is 0 Å². The van der Waals surface area contributed by atoms with Gasteiger partial charge in [-0.3, -0.25) is 0 Å². The van der Waals surface area contributed by atoms with Crippen LogP contribution in [0.1, 0.15) is 86.4 Å². The highest BCUT2D eigenvalue weighted by molar-refractivity contribution is 5.79. The van der Waals surface area contributed by atoms with Gasteiger partial charge in [0, 0.05) is 60.5 Å². The number of aryl methyl sites for hydroxylation is 5. The molecule has 284 valence electrons. The van der Waals surface area contributed by atoms with E-state index in [4.69, 9.17) is 0 Å². The Bertz CT molecular complexity index is 2100. The maximum Gasteiger partial charge on any atom is 0.0464 e. The second kappa shape index (κ2) is 18.4. The normalized spacial score (nSPS) is 11.7. The van der Waals surface area contributed by atoms with Crippen LogP contribution in [0.5, 0.6) is 0 Å². The lowest BCUT2D eigenvalue weighted by Gasteiger charge is -2.28. The van der Waals surface area contributed by atoms with Gasteiger partial charge in [0.05, 0.1) is 0 Å². The van der Waals surface area contributed by atoms with Crippen molar-refractivity contribution in [2.75, 3.05) is 40.9 Å². The largest absolute Gasteiger partial charge is 0.372 e. The Morgan fingerprint density at radius 2 is 0.891 bits per heavy atom. The molecule has 0 saturated carbocycles. The molecule has 0 saturated heterocycles. The van der Waals surface area contributed by atoms with Crippen molar-refractivity contribution in [1.29, 1.82) is 0 Å². The molecule has 0 amide bonds. The van der Waals surface area contributed by atoms with E-state index in [0.717, 1.165) is 51.1 Å². The van der Waals surface area contributed by atoms with E-state index in [2.05, 4.69) is 204 Å². The Hall–Kier alpha value is -5.28. The maximum absolute atomic E-state index is 2.42. The third kappa shape index (κ3) is 9.16. The third-order valence-corrected chi connectivity index (χ3v) is 11.7. The van der Waals surface area contributed by atoms with Gasteiger partial charge in [0.2, 0.25) is 0 Å². The minimum absolute atomic E-state index is 0.293. The molecule has 6 aromatic rings. The van der Waals surface area contributed by atoms with Crippen LogP contribution >= 0.6 is 0 Å². The van der Waals surface area contributed by atoms with E-state index in [1.165, 1.54) is 72.8 Å². The van der Waals surface area contributed by atoms with Crippen molar-refractivity contribution in [3.05, 3.63) is 172 Å². The van der Waals surface area contributed by atoms with Crippen molar-refractivity contribution in [2.45, 2.75) is 80.6 Å². The zero-order valence-corrected chi connectivity index (χ0v) is 34.6. The van der Waals surface area contributed by atoms with Gasteiger partial charge < -0.3 is 14.7 Å².